The molecule has 4 nitrogen and oxygen atoms in total. The van der Waals surface area contributed by atoms with Crippen molar-refractivity contribution >= 4 is 11.3 Å². The van der Waals surface area contributed by atoms with Gasteiger partial charge in [-0.2, -0.15) is 10.4 Å². The minimum Gasteiger partial charge on any atom is -0.274 e. The molecule has 0 aromatic carbocycles. The van der Waals surface area contributed by atoms with Crippen molar-refractivity contribution in [3.8, 4) is 6.07 Å². The van der Waals surface area contributed by atoms with Crippen LogP contribution in [0.15, 0.2) is 0 Å². The van der Waals surface area contributed by atoms with Crippen LogP contribution in [-0.2, 0) is 13.0 Å². The van der Waals surface area contributed by atoms with Crippen molar-refractivity contribution in [2.24, 2.45) is 0 Å². The maximum absolute atomic E-state index is 8.34. The number of aromatic nitrogens is 2. The quantitative estimate of drug-likeness (QED) is 0.699. The second kappa shape index (κ2) is 3.30. The normalized spacial score (nSPS) is 9.45. The number of hydrogen-bond acceptors (Lipinski definition) is 4. The Kier molecular flexibility index (Phi) is 2.39. The average molecular weight is 168 g/mol. The molecule has 0 saturated carbocycles. The van der Waals surface area contributed by atoms with Gasteiger partial charge >= 0.3 is 0 Å². The highest BCUT2D eigenvalue weighted by Gasteiger charge is 1.99. The predicted octanol–water partition coefficient (Wildman–Crippen LogP) is 0.510. The minimum atomic E-state index is 0.176. The van der Waals surface area contributed by atoms with E-state index in [2.05, 4.69) is 5.10 Å². The summed E-state index contributed by atoms with van der Waals surface area (Å²) in [7, 11) is 0. The summed E-state index contributed by atoms with van der Waals surface area (Å²) >= 11 is 1.32. The fraction of sp³-hybridized carbons (Fsp3) is 0.500. The molecule has 58 valence electrons. The summed E-state index contributed by atoms with van der Waals surface area (Å²) in [6.45, 7) is 2.16. The third-order valence-electron chi connectivity index (χ3n) is 1.20. The fourth-order valence-corrected chi connectivity index (χ4v) is 1.40. The first kappa shape index (κ1) is 7.95. The van der Waals surface area contributed by atoms with Gasteiger partial charge in [0.05, 0.1) is 6.07 Å². The lowest BCUT2D eigenvalue weighted by molar-refractivity contribution is 0.656. The molecule has 0 aliphatic rings. The molecular weight excluding hydrogens is 160 g/mol. The zero-order valence-corrected chi connectivity index (χ0v) is 6.98. The van der Waals surface area contributed by atoms with Gasteiger partial charge in [-0.3, -0.25) is 5.41 Å². The van der Waals surface area contributed by atoms with Gasteiger partial charge < -0.3 is 0 Å². The summed E-state index contributed by atoms with van der Waals surface area (Å²) in [6, 6.07) is 1.95. The van der Waals surface area contributed by atoms with Gasteiger partial charge in [-0.1, -0.05) is 18.3 Å². The van der Waals surface area contributed by atoms with Crippen LogP contribution in [0.5, 0.6) is 0 Å². The van der Waals surface area contributed by atoms with Crippen molar-refractivity contribution in [2.45, 2.75) is 19.9 Å². The summed E-state index contributed by atoms with van der Waals surface area (Å²) in [4.78, 5) is 0.350. The first-order valence-electron chi connectivity index (χ1n) is 3.26. The van der Waals surface area contributed by atoms with Crippen molar-refractivity contribution in [1.82, 2.24) is 9.78 Å². The Morgan fingerprint density at radius 2 is 2.55 bits per heavy atom. The molecule has 0 spiro atoms. The van der Waals surface area contributed by atoms with Gasteiger partial charge in [-0.15, -0.1) is 0 Å². The van der Waals surface area contributed by atoms with Crippen LogP contribution in [0.2, 0.25) is 0 Å². The van der Waals surface area contributed by atoms with E-state index in [4.69, 9.17) is 10.7 Å². The Hall–Kier alpha value is -1.15. The molecule has 1 aromatic heterocycles. The van der Waals surface area contributed by atoms with Gasteiger partial charge in [-0.25, -0.2) is 4.68 Å². The second-order valence-electron chi connectivity index (χ2n) is 1.97. The Labute approximate surface area is 68.2 Å². The monoisotopic (exact) mass is 168 g/mol. The van der Waals surface area contributed by atoms with Crippen molar-refractivity contribution in [3.63, 3.8) is 0 Å². The van der Waals surface area contributed by atoms with Crippen LogP contribution in [0.4, 0.5) is 0 Å². The third kappa shape index (κ3) is 1.65. The molecule has 0 fully saturated rings. The molecule has 0 atom stereocenters. The highest BCUT2D eigenvalue weighted by Crippen LogP contribution is 1.97. The van der Waals surface area contributed by atoms with E-state index in [1.54, 1.807) is 0 Å². The summed E-state index contributed by atoms with van der Waals surface area (Å²) < 4.78 is 1.41. The van der Waals surface area contributed by atoms with Gasteiger partial charge in [0.2, 0.25) is 4.80 Å². The molecule has 1 heterocycles. The molecular formula is C6H8N4S. The summed E-state index contributed by atoms with van der Waals surface area (Å²) in [5, 5.41) is 20.7. The number of hydrogen-bond donors (Lipinski definition) is 1. The highest BCUT2D eigenvalue weighted by molar-refractivity contribution is 7.08. The van der Waals surface area contributed by atoms with E-state index < -0.39 is 0 Å². The topological polar surface area (TPSA) is 65.5 Å². The van der Waals surface area contributed by atoms with Crippen molar-refractivity contribution in [2.75, 3.05) is 0 Å². The molecule has 0 aliphatic carbocycles. The first-order valence-corrected chi connectivity index (χ1v) is 4.08. The Balaban J connectivity index is 3.00. The number of nitrogens with zero attached hydrogens (tertiary/aromatic N) is 3. The lowest BCUT2D eigenvalue weighted by Gasteiger charge is -1.87. The molecule has 1 rings (SSSR count). The van der Waals surface area contributed by atoms with Crippen LogP contribution < -0.4 is 4.80 Å². The Morgan fingerprint density at radius 1 is 1.82 bits per heavy atom. The molecule has 0 bridgehead atoms. The zero-order chi connectivity index (χ0) is 8.27. The lowest BCUT2D eigenvalue weighted by atomic mass is 10.5. The molecule has 11 heavy (non-hydrogen) atoms. The summed E-state index contributed by atoms with van der Waals surface area (Å²) in [5.74, 6) is 0. The van der Waals surface area contributed by atoms with E-state index in [0.717, 1.165) is 11.4 Å². The molecule has 0 unspecified atom stereocenters. The van der Waals surface area contributed by atoms with E-state index in [1.165, 1.54) is 16.0 Å². The lowest BCUT2D eigenvalue weighted by Crippen LogP contribution is -2.13. The number of nitriles is 1. The summed E-state index contributed by atoms with van der Waals surface area (Å²) in [5.41, 5.74) is 0. The van der Waals surface area contributed by atoms with Gasteiger partial charge in [0, 0.05) is 0 Å². The third-order valence-corrected chi connectivity index (χ3v) is 2.21. The van der Waals surface area contributed by atoms with Gasteiger partial charge in [-0.05, 0) is 6.42 Å². The van der Waals surface area contributed by atoms with Crippen LogP contribution in [-0.4, -0.2) is 9.78 Å². The van der Waals surface area contributed by atoms with E-state index in [1.807, 2.05) is 13.0 Å². The van der Waals surface area contributed by atoms with Crippen molar-refractivity contribution < 1.29 is 0 Å². The zero-order valence-electron chi connectivity index (χ0n) is 6.16. The largest absolute Gasteiger partial charge is 0.274 e. The van der Waals surface area contributed by atoms with E-state index in [-0.39, 0.29) is 6.54 Å². The molecule has 0 aliphatic heterocycles. The van der Waals surface area contributed by atoms with Gasteiger partial charge in [0.1, 0.15) is 11.6 Å². The number of nitrogens with one attached hydrogen (secondary N) is 1. The second-order valence-corrected chi connectivity index (χ2v) is 3.03. The van der Waals surface area contributed by atoms with E-state index in [0.29, 0.717) is 4.80 Å². The molecule has 0 amide bonds. The van der Waals surface area contributed by atoms with Gasteiger partial charge in [0.15, 0.2) is 0 Å². The predicted molar refractivity (Wildman–Crippen MR) is 40.9 cm³/mol. The highest BCUT2D eigenvalue weighted by atomic mass is 32.1. The maximum atomic E-state index is 8.34. The van der Waals surface area contributed by atoms with Crippen LogP contribution in [0.1, 0.15) is 11.9 Å². The number of rotatable bonds is 2. The van der Waals surface area contributed by atoms with Crippen molar-refractivity contribution in [3.05, 3.63) is 9.81 Å². The minimum absolute atomic E-state index is 0.176. The maximum Gasteiger partial charge on any atom is 0.201 e. The van der Waals surface area contributed by atoms with Crippen LogP contribution in [0.3, 0.4) is 0 Å². The molecule has 5 heteroatoms. The fourth-order valence-electron chi connectivity index (χ4n) is 0.682. The summed E-state index contributed by atoms with van der Waals surface area (Å²) in [6.07, 6.45) is 0.828. The standard InChI is InChI=1S/C6H8N4S/c1-2-5-9-10(4-3-7)6(8)11-5/h8H,2,4H2,1H3. The van der Waals surface area contributed by atoms with Crippen LogP contribution >= 0.6 is 11.3 Å². The Morgan fingerprint density at radius 3 is 3.00 bits per heavy atom. The average Bonchev–Trinajstić information content (AvgIpc) is 2.33. The van der Waals surface area contributed by atoms with E-state index in [9.17, 15) is 0 Å². The van der Waals surface area contributed by atoms with Gasteiger partial charge in [0.25, 0.3) is 0 Å². The molecule has 1 aromatic rings. The molecule has 0 radical (unpaired) electrons. The van der Waals surface area contributed by atoms with Crippen molar-refractivity contribution in [1.29, 1.82) is 10.7 Å². The molecule has 1 N–H and O–H groups in total. The molecule has 0 saturated heterocycles. The first-order chi connectivity index (χ1) is 5.27. The number of aryl methyl sites for hydroxylation is 1. The van der Waals surface area contributed by atoms with E-state index >= 15 is 0 Å². The van der Waals surface area contributed by atoms with Crippen LogP contribution in [0, 0.1) is 16.7 Å². The smallest absolute Gasteiger partial charge is 0.201 e. The Bertz CT molecular complexity index is 329. The van der Waals surface area contributed by atoms with Crippen LogP contribution in [0.25, 0.3) is 0 Å². The SMILES string of the molecule is CCc1nn(CC#N)c(=N)s1.